The molecule has 0 saturated carbocycles. The molecule has 2 rings (SSSR count). The molecule has 0 spiro atoms. The fourth-order valence-corrected chi connectivity index (χ4v) is 1.62. The van der Waals surface area contributed by atoms with E-state index < -0.39 is 11.7 Å². The summed E-state index contributed by atoms with van der Waals surface area (Å²) < 4.78 is 38.5. The summed E-state index contributed by atoms with van der Waals surface area (Å²) in [7, 11) is 0. The van der Waals surface area contributed by atoms with Gasteiger partial charge in [0.25, 0.3) is 0 Å². The molecule has 0 amide bonds. The van der Waals surface area contributed by atoms with Crippen molar-refractivity contribution in [1.29, 1.82) is 0 Å². The predicted octanol–water partition coefficient (Wildman–Crippen LogP) is 3.29. The molecule has 0 aliphatic rings. The third kappa shape index (κ3) is 3.37. The van der Waals surface area contributed by atoms with Crippen LogP contribution in [-0.4, -0.2) is 4.98 Å². The molecule has 0 aliphatic heterocycles. The minimum absolute atomic E-state index is 0.0161. The van der Waals surface area contributed by atoms with Crippen LogP contribution >= 0.6 is 0 Å². The molecule has 0 bridgehead atoms. The molecule has 1 heterocycles. The molecule has 0 saturated heterocycles. The van der Waals surface area contributed by atoms with Gasteiger partial charge >= 0.3 is 6.18 Å². The number of pyridine rings is 1. The van der Waals surface area contributed by atoms with Gasteiger partial charge in [-0.2, -0.15) is 13.2 Å². The maximum absolute atomic E-state index is 12.8. The lowest BCUT2D eigenvalue weighted by Crippen LogP contribution is -2.13. The van der Waals surface area contributed by atoms with Crippen LogP contribution < -0.4 is 11.1 Å². The number of benzene rings is 1. The molecule has 1 aromatic carbocycles. The standard InChI is InChI=1S/C13H12F3N3/c14-13(15,16)11-6-10(17)8-19-12(11)18-7-9-4-2-1-3-5-9/h1-6,8H,7,17H2,(H,18,19). The normalized spacial score (nSPS) is 11.3. The summed E-state index contributed by atoms with van der Waals surface area (Å²) in [6.07, 6.45) is -3.29. The zero-order chi connectivity index (χ0) is 13.9. The topological polar surface area (TPSA) is 50.9 Å². The second kappa shape index (κ2) is 5.17. The highest BCUT2D eigenvalue weighted by atomic mass is 19.4. The van der Waals surface area contributed by atoms with Crippen molar-refractivity contribution in [1.82, 2.24) is 4.98 Å². The number of nitrogens with one attached hydrogen (secondary N) is 1. The number of hydrogen-bond donors (Lipinski definition) is 2. The number of nitrogens with zero attached hydrogens (tertiary/aromatic N) is 1. The number of hydrogen-bond acceptors (Lipinski definition) is 3. The van der Waals surface area contributed by atoms with Gasteiger partial charge in [-0.05, 0) is 11.6 Å². The summed E-state index contributed by atoms with van der Waals surface area (Å²) >= 11 is 0. The molecule has 3 N–H and O–H groups in total. The number of nitrogen functional groups attached to an aromatic ring is 1. The largest absolute Gasteiger partial charge is 0.420 e. The Morgan fingerprint density at radius 3 is 2.47 bits per heavy atom. The fourth-order valence-electron chi connectivity index (χ4n) is 1.62. The Balaban J connectivity index is 2.21. The van der Waals surface area contributed by atoms with Gasteiger partial charge in [0.15, 0.2) is 0 Å². The third-order valence-electron chi connectivity index (χ3n) is 2.52. The second-order valence-corrected chi connectivity index (χ2v) is 4.00. The molecule has 0 unspecified atom stereocenters. The number of nitrogens with two attached hydrogens (primary N) is 1. The first-order valence-corrected chi connectivity index (χ1v) is 5.57. The van der Waals surface area contributed by atoms with Crippen LogP contribution in [0.25, 0.3) is 0 Å². The Hall–Kier alpha value is -2.24. The SMILES string of the molecule is Nc1cnc(NCc2ccccc2)c(C(F)(F)F)c1. The van der Waals surface area contributed by atoms with Gasteiger partial charge < -0.3 is 11.1 Å². The number of anilines is 2. The first kappa shape index (κ1) is 13.2. The molecular formula is C13H12F3N3. The minimum atomic E-state index is -4.48. The van der Waals surface area contributed by atoms with E-state index >= 15 is 0 Å². The van der Waals surface area contributed by atoms with E-state index in [0.29, 0.717) is 0 Å². The Morgan fingerprint density at radius 1 is 1.16 bits per heavy atom. The predicted molar refractivity (Wildman–Crippen MR) is 67.4 cm³/mol. The third-order valence-corrected chi connectivity index (χ3v) is 2.52. The van der Waals surface area contributed by atoms with Gasteiger partial charge in [-0.3, -0.25) is 0 Å². The maximum Gasteiger partial charge on any atom is 0.420 e. The number of aromatic nitrogens is 1. The van der Waals surface area contributed by atoms with Crippen LogP contribution in [0.3, 0.4) is 0 Å². The van der Waals surface area contributed by atoms with E-state index in [2.05, 4.69) is 10.3 Å². The van der Waals surface area contributed by atoms with Gasteiger partial charge in [-0.1, -0.05) is 30.3 Å². The molecule has 3 nitrogen and oxygen atoms in total. The molecule has 100 valence electrons. The van der Waals surface area contributed by atoms with Gasteiger partial charge in [-0.15, -0.1) is 0 Å². The van der Waals surface area contributed by atoms with Crippen LogP contribution in [0.2, 0.25) is 0 Å². The Morgan fingerprint density at radius 2 is 1.84 bits per heavy atom. The highest BCUT2D eigenvalue weighted by Crippen LogP contribution is 2.34. The van der Waals surface area contributed by atoms with E-state index in [1.807, 2.05) is 30.3 Å². The van der Waals surface area contributed by atoms with Gasteiger partial charge in [0, 0.05) is 6.54 Å². The summed E-state index contributed by atoms with van der Waals surface area (Å²) in [6.45, 7) is 0.265. The highest BCUT2D eigenvalue weighted by Gasteiger charge is 2.34. The van der Waals surface area contributed by atoms with Crippen LogP contribution in [0.1, 0.15) is 11.1 Å². The van der Waals surface area contributed by atoms with E-state index in [0.717, 1.165) is 11.6 Å². The summed E-state index contributed by atoms with van der Waals surface area (Å²) in [5.41, 5.74) is 5.34. The molecule has 0 aliphatic carbocycles. The van der Waals surface area contributed by atoms with Crippen molar-refractivity contribution in [2.24, 2.45) is 0 Å². The zero-order valence-electron chi connectivity index (χ0n) is 9.91. The van der Waals surface area contributed by atoms with Gasteiger partial charge in [0.05, 0.1) is 17.4 Å². The molecule has 0 atom stereocenters. The summed E-state index contributed by atoms with van der Waals surface area (Å²) in [6, 6.07) is 9.98. The number of halogens is 3. The van der Waals surface area contributed by atoms with E-state index in [9.17, 15) is 13.2 Å². The molecule has 1 aromatic heterocycles. The van der Waals surface area contributed by atoms with Crippen LogP contribution in [0.5, 0.6) is 0 Å². The van der Waals surface area contributed by atoms with Crippen molar-refractivity contribution in [2.45, 2.75) is 12.7 Å². The smallest absolute Gasteiger partial charge is 0.397 e. The minimum Gasteiger partial charge on any atom is -0.397 e. The number of alkyl halides is 3. The zero-order valence-corrected chi connectivity index (χ0v) is 9.91. The molecule has 6 heteroatoms. The van der Waals surface area contributed by atoms with E-state index in [1.165, 1.54) is 6.20 Å². The molecule has 19 heavy (non-hydrogen) atoms. The van der Waals surface area contributed by atoms with Crippen molar-refractivity contribution in [2.75, 3.05) is 11.1 Å². The average Bonchev–Trinajstić information content (AvgIpc) is 2.37. The van der Waals surface area contributed by atoms with E-state index in [1.54, 1.807) is 0 Å². The average molecular weight is 267 g/mol. The maximum atomic E-state index is 12.8. The van der Waals surface area contributed by atoms with Gasteiger partial charge in [0.1, 0.15) is 5.82 Å². The monoisotopic (exact) mass is 267 g/mol. The Labute approximate surface area is 108 Å². The first-order chi connectivity index (χ1) is 8.97. The highest BCUT2D eigenvalue weighted by molar-refractivity contribution is 5.53. The summed E-state index contributed by atoms with van der Waals surface area (Å²) in [5, 5.41) is 2.68. The van der Waals surface area contributed by atoms with Crippen LogP contribution in [-0.2, 0) is 12.7 Å². The van der Waals surface area contributed by atoms with Crippen molar-refractivity contribution in [3.63, 3.8) is 0 Å². The van der Waals surface area contributed by atoms with Crippen molar-refractivity contribution < 1.29 is 13.2 Å². The van der Waals surface area contributed by atoms with Gasteiger partial charge in [0.2, 0.25) is 0 Å². The van der Waals surface area contributed by atoms with Crippen LogP contribution in [0.4, 0.5) is 24.7 Å². The van der Waals surface area contributed by atoms with Crippen molar-refractivity contribution in [3.8, 4) is 0 Å². The Kier molecular flexibility index (Phi) is 3.59. The Bertz CT molecular complexity index is 553. The lowest BCUT2D eigenvalue weighted by molar-refractivity contribution is -0.137. The lowest BCUT2D eigenvalue weighted by Gasteiger charge is -2.14. The van der Waals surface area contributed by atoms with E-state index in [-0.39, 0.29) is 18.1 Å². The second-order valence-electron chi connectivity index (χ2n) is 4.00. The van der Waals surface area contributed by atoms with Crippen LogP contribution in [0, 0.1) is 0 Å². The quantitative estimate of drug-likeness (QED) is 0.897. The van der Waals surface area contributed by atoms with Crippen LogP contribution in [0.15, 0.2) is 42.6 Å². The molecule has 0 fully saturated rings. The molecule has 2 aromatic rings. The summed E-state index contributed by atoms with van der Waals surface area (Å²) in [4.78, 5) is 3.70. The van der Waals surface area contributed by atoms with Gasteiger partial charge in [-0.25, -0.2) is 4.98 Å². The molecular weight excluding hydrogens is 255 g/mol. The van der Waals surface area contributed by atoms with E-state index in [4.69, 9.17) is 5.73 Å². The fraction of sp³-hybridized carbons (Fsp3) is 0.154. The first-order valence-electron chi connectivity index (χ1n) is 5.57. The van der Waals surface area contributed by atoms with Crippen molar-refractivity contribution in [3.05, 3.63) is 53.7 Å². The molecule has 0 radical (unpaired) electrons. The lowest BCUT2D eigenvalue weighted by atomic mass is 10.2. The number of rotatable bonds is 3. The summed E-state index contributed by atoms with van der Waals surface area (Å²) in [5.74, 6) is -0.217. The van der Waals surface area contributed by atoms with Crippen molar-refractivity contribution >= 4 is 11.5 Å².